The Hall–Kier alpha value is -0.640. The molecule has 186 valence electrons. The number of hydrogen-bond donors (Lipinski definition) is 10. The topological polar surface area (TPSA) is 174 Å². The highest BCUT2D eigenvalue weighted by molar-refractivity contribution is 7.79. The van der Waals surface area contributed by atoms with E-state index in [0.29, 0.717) is 17.3 Å². The minimum Gasteiger partial charge on any atom is -0.492 e. The van der Waals surface area contributed by atoms with Crippen molar-refractivity contribution < 1.29 is 45.6 Å². The van der Waals surface area contributed by atoms with E-state index in [9.17, 15) is 30.6 Å². The van der Waals surface area contributed by atoms with Gasteiger partial charge in [0.15, 0.2) is 0 Å². The Morgan fingerprint density at radius 3 is 1.69 bits per heavy atom. The first kappa shape index (κ1) is 29.4. The van der Waals surface area contributed by atoms with Gasteiger partial charge in [-0.3, -0.25) is 4.90 Å². The van der Waals surface area contributed by atoms with Gasteiger partial charge in [-0.15, -0.1) is 0 Å². The molecule has 0 unspecified atom stereocenters. The summed E-state index contributed by atoms with van der Waals surface area (Å²) >= 11 is 8.56. The zero-order valence-electron chi connectivity index (χ0n) is 17.7. The lowest BCUT2D eigenvalue weighted by Gasteiger charge is -2.32. The standard InChI is InChI=1S/C20H35NO9S2/c22-8-17(26)19(28)15(24)6-21(7-16(25)20(29)18(27)9-23)3-4-30-14-2-1-12(10-31)13(5-14)11-32/h1-2,5,15-20,22-29,31-32H,3-4,6-11H2/t15-,16-,17-,18-,19-,20-/m1/s1. The molecule has 0 amide bonds. The zero-order valence-corrected chi connectivity index (χ0v) is 19.5. The van der Waals surface area contributed by atoms with E-state index < -0.39 is 49.8 Å². The van der Waals surface area contributed by atoms with Crippen LogP contribution in [0.25, 0.3) is 0 Å². The number of ether oxygens (including phenoxy) is 1. The van der Waals surface area contributed by atoms with Crippen LogP contribution in [-0.2, 0) is 11.5 Å². The van der Waals surface area contributed by atoms with Crippen molar-refractivity contribution in [2.75, 3.05) is 39.5 Å². The third-order valence-electron chi connectivity index (χ3n) is 5.04. The number of aliphatic hydroxyl groups is 8. The van der Waals surface area contributed by atoms with Crippen LogP contribution >= 0.6 is 25.3 Å². The summed E-state index contributed by atoms with van der Waals surface area (Å²) in [4.78, 5) is 1.46. The van der Waals surface area contributed by atoms with Crippen LogP contribution < -0.4 is 4.74 Å². The zero-order chi connectivity index (χ0) is 24.3. The fourth-order valence-electron chi connectivity index (χ4n) is 3.02. The Morgan fingerprint density at radius 2 is 1.25 bits per heavy atom. The molecule has 1 aromatic rings. The summed E-state index contributed by atoms with van der Waals surface area (Å²) in [5.41, 5.74) is 1.99. The van der Waals surface area contributed by atoms with Crippen molar-refractivity contribution >= 4 is 25.3 Å². The number of rotatable bonds is 16. The van der Waals surface area contributed by atoms with Crippen molar-refractivity contribution in [2.24, 2.45) is 0 Å². The summed E-state index contributed by atoms with van der Waals surface area (Å²) in [6.07, 6.45) is -9.34. The van der Waals surface area contributed by atoms with Crippen LogP contribution in [0.1, 0.15) is 11.1 Å². The Labute approximate surface area is 198 Å². The SMILES string of the molecule is OC[C@@H](O)[C@H](O)[C@H](O)CN(CCOc1ccc(CS)c(CS)c1)C[C@@H](O)[C@@H](O)[C@H](O)CO. The normalized spacial score (nSPS) is 17.6. The summed E-state index contributed by atoms with van der Waals surface area (Å²) in [7, 11) is 0. The minimum absolute atomic E-state index is 0.114. The highest BCUT2D eigenvalue weighted by atomic mass is 32.1. The van der Waals surface area contributed by atoms with Gasteiger partial charge in [0.05, 0.1) is 25.4 Å². The first-order valence-corrected chi connectivity index (χ1v) is 11.4. The van der Waals surface area contributed by atoms with E-state index in [1.165, 1.54) is 4.90 Å². The van der Waals surface area contributed by atoms with E-state index in [-0.39, 0.29) is 26.2 Å². The maximum atomic E-state index is 10.2. The van der Waals surface area contributed by atoms with Gasteiger partial charge in [-0.1, -0.05) is 6.07 Å². The molecule has 0 saturated carbocycles. The Bertz CT molecular complexity index is 633. The Kier molecular flexibility index (Phi) is 14.1. The third kappa shape index (κ3) is 9.31. The molecule has 1 aromatic carbocycles. The van der Waals surface area contributed by atoms with Crippen molar-refractivity contribution in [2.45, 2.75) is 48.1 Å². The molecule has 0 aromatic heterocycles. The van der Waals surface area contributed by atoms with Gasteiger partial charge in [0, 0.05) is 31.1 Å². The average molecular weight is 498 g/mol. The summed E-state index contributed by atoms with van der Waals surface area (Å²) in [6.45, 7) is -1.71. The molecule has 0 spiro atoms. The predicted molar refractivity (Wildman–Crippen MR) is 124 cm³/mol. The molecular weight excluding hydrogens is 462 g/mol. The molecule has 0 radical (unpaired) electrons. The van der Waals surface area contributed by atoms with Gasteiger partial charge in [0.1, 0.15) is 36.8 Å². The smallest absolute Gasteiger partial charge is 0.119 e. The van der Waals surface area contributed by atoms with Crippen LogP contribution in [0.3, 0.4) is 0 Å². The van der Waals surface area contributed by atoms with Gasteiger partial charge in [-0.05, 0) is 23.3 Å². The lowest BCUT2D eigenvalue weighted by Crippen LogP contribution is -2.51. The maximum Gasteiger partial charge on any atom is 0.119 e. The first-order chi connectivity index (χ1) is 15.2. The molecular formula is C20H35NO9S2. The van der Waals surface area contributed by atoms with Gasteiger partial charge in [-0.25, -0.2) is 0 Å². The monoisotopic (exact) mass is 497 g/mol. The molecule has 0 aliphatic heterocycles. The number of aliphatic hydroxyl groups excluding tert-OH is 8. The first-order valence-electron chi connectivity index (χ1n) is 10.2. The van der Waals surface area contributed by atoms with Gasteiger partial charge in [-0.2, -0.15) is 25.3 Å². The summed E-state index contributed by atoms with van der Waals surface area (Å²) < 4.78 is 5.73. The van der Waals surface area contributed by atoms with Crippen LogP contribution in [0.2, 0.25) is 0 Å². The second kappa shape index (κ2) is 15.3. The van der Waals surface area contributed by atoms with Crippen LogP contribution in [0.15, 0.2) is 18.2 Å². The van der Waals surface area contributed by atoms with Gasteiger partial charge < -0.3 is 45.6 Å². The van der Waals surface area contributed by atoms with E-state index in [2.05, 4.69) is 25.3 Å². The molecule has 0 saturated heterocycles. The van der Waals surface area contributed by atoms with Crippen molar-refractivity contribution in [1.82, 2.24) is 4.90 Å². The molecule has 12 heteroatoms. The Morgan fingerprint density at radius 1 is 0.750 bits per heavy atom. The van der Waals surface area contributed by atoms with Crippen molar-refractivity contribution in [3.8, 4) is 5.75 Å². The molecule has 0 fully saturated rings. The molecule has 0 bridgehead atoms. The Balaban J connectivity index is 2.81. The molecule has 10 nitrogen and oxygen atoms in total. The molecule has 32 heavy (non-hydrogen) atoms. The van der Waals surface area contributed by atoms with E-state index in [1.54, 1.807) is 6.07 Å². The third-order valence-corrected chi connectivity index (χ3v) is 5.72. The van der Waals surface area contributed by atoms with E-state index in [1.807, 2.05) is 12.1 Å². The highest BCUT2D eigenvalue weighted by Gasteiger charge is 2.30. The lowest BCUT2D eigenvalue weighted by atomic mass is 10.1. The number of hydrogen-bond acceptors (Lipinski definition) is 12. The van der Waals surface area contributed by atoms with Gasteiger partial charge >= 0.3 is 0 Å². The van der Waals surface area contributed by atoms with E-state index in [0.717, 1.165) is 11.1 Å². The van der Waals surface area contributed by atoms with Crippen molar-refractivity contribution in [3.63, 3.8) is 0 Å². The van der Waals surface area contributed by atoms with Crippen LogP contribution in [0.5, 0.6) is 5.75 Å². The van der Waals surface area contributed by atoms with E-state index >= 15 is 0 Å². The largest absolute Gasteiger partial charge is 0.492 e. The highest BCUT2D eigenvalue weighted by Crippen LogP contribution is 2.21. The van der Waals surface area contributed by atoms with E-state index in [4.69, 9.17) is 14.9 Å². The van der Waals surface area contributed by atoms with Gasteiger partial charge in [0.25, 0.3) is 0 Å². The second-order valence-electron chi connectivity index (χ2n) is 7.47. The molecule has 1 rings (SSSR count). The van der Waals surface area contributed by atoms with Crippen LogP contribution in [0, 0.1) is 0 Å². The fraction of sp³-hybridized carbons (Fsp3) is 0.700. The lowest BCUT2D eigenvalue weighted by molar-refractivity contribution is -0.101. The minimum atomic E-state index is -1.64. The molecule has 0 aliphatic carbocycles. The second-order valence-corrected chi connectivity index (χ2v) is 8.10. The number of benzene rings is 1. The van der Waals surface area contributed by atoms with Crippen LogP contribution in [0.4, 0.5) is 0 Å². The number of nitrogens with zero attached hydrogens (tertiary/aromatic N) is 1. The summed E-state index contributed by atoms with van der Waals surface area (Å²) in [5.74, 6) is 1.64. The van der Waals surface area contributed by atoms with Crippen molar-refractivity contribution in [1.29, 1.82) is 0 Å². The molecule has 0 heterocycles. The van der Waals surface area contributed by atoms with Gasteiger partial charge in [0.2, 0.25) is 0 Å². The fourth-order valence-corrected chi connectivity index (χ4v) is 3.62. The summed E-state index contributed by atoms with van der Waals surface area (Å²) in [6, 6.07) is 5.48. The van der Waals surface area contributed by atoms with Crippen LogP contribution in [-0.4, -0.2) is 122 Å². The predicted octanol–water partition coefficient (Wildman–Crippen LogP) is -2.62. The number of thiol groups is 2. The molecule has 0 aliphatic rings. The quantitative estimate of drug-likeness (QED) is 0.109. The maximum absolute atomic E-state index is 10.2. The summed E-state index contributed by atoms with van der Waals surface area (Å²) in [5, 5.41) is 77.1. The molecule has 6 atom stereocenters. The van der Waals surface area contributed by atoms with Crippen molar-refractivity contribution in [3.05, 3.63) is 29.3 Å². The molecule has 8 N–H and O–H groups in total. The average Bonchev–Trinajstić information content (AvgIpc) is 2.81.